The van der Waals surface area contributed by atoms with Crippen LogP contribution in [0.4, 0.5) is 13.2 Å². The SMILES string of the molecule is Cc1cccc(C(NN)C2CCC(C(F)(F)F)CC2)c1C. The zero-order valence-electron chi connectivity index (χ0n) is 12.5. The van der Waals surface area contributed by atoms with E-state index in [0.717, 1.165) is 5.56 Å². The van der Waals surface area contributed by atoms with Crippen molar-refractivity contribution in [3.8, 4) is 0 Å². The van der Waals surface area contributed by atoms with Crippen molar-refractivity contribution in [1.82, 2.24) is 5.43 Å². The van der Waals surface area contributed by atoms with Gasteiger partial charge in [0.15, 0.2) is 0 Å². The Hall–Kier alpha value is -1.07. The summed E-state index contributed by atoms with van der Waals surface area (Å²) in [5, 5.41) is 0. The minimum atomic E-state index is -4.06. The van der Waals surface area contributed by atoms with Gasteiger partial charge < -0.3 is 0 Å². The molecule has 2 nitrogen and oxygen atoms in total. The first-order valence-corrected chi connectivity index (χ1v) is 7.43. The summed E-state index contributed by atoms with van der Waals surface area (Å²) in [6.45, 7) is 4.07. The lowest BCUT2D eigenvalue weighted by molar-refractivity contribution is -0.184. The normalized spacial score (nSPS) is 24.9. The van der Waals surface area contributed by atoms with E-state index in [0.29, 0.717) is 12.8 Å². The van der Waals surface area contributed by atoms with Crippen LogP contribution < -0.4 is 11.3 Å². The van der Waals surface area contributed by atoms with Gasteiger partial charge in [0.05, 0.1) is 5.92 Å². The Morgan fingerprint density at radius 2 is 1.76 bits per heavy atom. The molecule has 0 saturated heterocycles. The van der Waals surface area contributed by atoms with E-state index < -0.39 is 12.1 Å². The molecule has 1 aliphatic rings. The Kier molecular flexibility index (Phi) is 4.94. The zero-order chi connectivity index (χ0) is 15.6. The van der Waals surface area contributed by atoms with Crippen molar-refractivity contribution < 1.29 is 13.2 Å². The second kappa shape index (κ2) is 6.36. The van der Waals surface area contributed by atoms with Gasteiger partial charge in [0.25, 0.3) is 0 Å². The van der Waals surface area contributed by atoms with E-state index >= 15 is 0 Å². The van der Waals surface area contributed by atoms with E-state index in [1.165, 1.54) is 11.1 Å². The summed E-state index contributed by atoms with van der Waals surface area (Å²) in [5.41, 5.74) is 6.28. The molecule has 0 radical (unpaired) electrons. The molecule has 2 rings (SSSR count). The first-order chi connectivity index (χ1) is 9.84. The van der Waals surface area contributed by atoms with Gasteiger partial charge in [-0.05, 0) is 62.1 Å². The maximum absolute atomic E-state index is 12.8. The Balaban J connectivity index is 2.12. The number of nitrogens with two attached hydrogens (primary N) is 1. The highest BCUT2D eigenvalue weighted by Gasteiger charge is 2.42. The van der Waals surface area contributed by atoms with Gasteiger partial charge in [-0.1, -0.05) is 18.2 Å². The van der Waals surface area contributed by atoms with Gasteiger partial charge in [-0.2, -0.15) is 13.2 Å². The Morgan fingerprint density at radius 1 is 1.14 bits per heavy atom. The van der Waals surface area contributed by atoms with Gasteiger partial charge in [-0.3, -0.25) is 11.3 Å². The third-order valence-electron chi connectivity index (χ3n) is 4.87. The first-order valence-electron chi connectivity index (χ1n) is 7.43. The predicted octanol–water partition coefficient (Wildman–Crippen LogP) is 4.18. The Morgan fingerprint density at radius 3 is 2.29 bits per heavy atom. The minimum absolute atomic E-state index is 0.0703. The summed E-state index contributed by atoms with van der Waals surface area (Å²) in [6, 6.07) is 5.96. The summed E-state index contributed by atoms with van der Waals surface area (Å²) in [4.78, 5) is 0. The molecule has 1 aromatic carbocycles. The van der Waals surface area contributed by atoms with E-state index in [2.05, 4.69) is 5.43 Å². The van der Waals surface area contributed by atoms with Gasteiger partial charge in [0, 0.05) is 6.04 Å². The molecule has 0 heterocycles. The maximum atomic E-state index is 12.8. The monoisotopic (exact) mass is 300 g/mol. The van der Waals surface area contributed by atoms with Crippen molar-refractivity contribution in [1.29, 1.82) is 0 Å². The predicted molar refractivity (Wildman–Crippen MR) is 77.5 cm³/mol. The van der Waals surface area contributed by atoms with Crippen molar-refractivity contribution in [2.45, 2.75) is 51.7 Å². The molecule has 0 spiro atoms. The van der Waals surface area contributed by atoms with Crippen LogP contribution >= 0.6 is 0 Å². The number of hydrogen-bond donors (Lipinski definition) is 2. The second-order valence-corrected chi connectivity index (χ2v) is 6.09. The van der Waals surface area contributed by atoms with E-state index in [4.69, 9.17) is 5.84 Å². The molecule has 118 valence electrons. The number of aryl methyl sites for hydroxylation is 1. The zero-order valence-corrected chi connectivity index (χ0v) is 12.5. The van der Waals surface area contributed by atoms with Crippen molar-refractivity contribution in [2.24, 2.45) is 17.7 Å². The average molecular weight is 300 g/mol. The molecule has 1 atom stereocenters. The molecular formula is C16H23F3N2. The van der Waals surface area contributed by atoms with Crippen LogP contribution in [0.15, 0.2) is 18.2 Å². The molecule has 1 aliphatic carbocycles. The Labute approximate surface area is 123 Å². The smallest absolute Gasteiger partial charge is 0.271 e. The van der Waals surface area contributed by atoms with E-state index in [1.807, 2.05) is 32.0 Å². The summed E-state index contributed by atoms with van der Waals surface area (Å²) in [7, 11) is 0. The van der Waals surface area contributed by atoms with Crippen LogP contribution in [-0.2, 0) is 0 Å². The van der Waals surface area contributed by atoms with Crippen LogP contribution in [0.2, 0.25) is 0 Å². The molecule has 21 heavy (non-hydrogen) atoms. The molecular weight excluding hydrogens is 277 g/mol. The number of benzene rings is 1. The van der Waals surface area contributed by atoms with Crippen LogP contribution in [0.1, 0.15) is 48.4 Å². The number of hydrogen-bond acceptors (Lipinski definition) is 2. The maximum Gasteiger partial charge on any atom is 0.391 e. The largest absolute Gasteiger partial charge is 0.391 e. The van der Waals surface area contributed by atoms with Crippen LogP contribution in [0, 0.1) is 25.7 Å². The molecule has 0 amide bonds. The highest BCUT2D eigenvalue weighted by molar-refractivity contribution is 5.35. The standard InChI is InChI=1S/C16H23F3N2/c1-10-4-3-5-14(11(10)2)15(21-20)12-6-8-13(9-7-12)16(17,18)19/h3-5,12-13,15,21H,6-9,20H2,1-2H3. The average Bonchev–Trinajstić information content (AvgIpc) is 2.44. The van der Waals surface area contributed by atoms with Gasteiger partial charge >= 0.3 is 6.18 Å². The molecule has 0 aromatic heterocycles. The fourth-order valence-electron chi connectivity index (χ4n) is 3.37. The third-order valence-corrected chi connectivity index (χ3v) is 4.87. The number of nitrogens with one attached hydrogen (secondary N) is 1. The number of rotatable bonds is 3. The topological polar surface area (TPSA) is 38.0 Å². The molecule has 1 unspecified atom stereocenters. The van der Waals surface area contributed by atoms with Crippen molar-refractivity contribution in [2.75, 3.05) is 0 Å². The van der Waals surface area contributed by atoms with Gasteiger partial charge in [-0.25, -0.2) is 0 Å². The highest BCUT2D eigenvalue weighted by Crippen LogP contribution is 2.43. The van der Waals surface area contributed by atoms with Crippen molar-refractivity contribution in [3.05, 3.63) is 34.9 Å². The molecule has 5 heteroatoms. The summed E-state index contributed by atoms with van der Waals surface area (Å²) in [5.74, 6) is 4.72. The number of halogens is 3. The minimum Gasteiger partial charge on any atom is -0.271 e. The molecule has 0 bridgehead atoms. The van der Waals surface area contributed by atoms with Gasteiger partial charge in [-0.15, -0.1) is 0 Å². The lowest BCUT2D eigenvalue weighted by atomic mass is 9.76. The van der Waals surface area contributed by atoms with Crippen LogP contribution in [-0.4, -0.2) is 6.18 Å². The quantitative estimate of drug-likeness (QED) is 0.649. The fraction of sp³-hybridized carbons (Fsp3) is 0.625. The summed E-state index contributed by atoms with van der Waals surface area (Å²) >= 11 is 0. The Bertz CT molecular complexity index is 477. The summed E-state index contributed by atoms with van der Waals surface area (Å²) in [6.07, 6.45) is -2.52. The number of hydrazine groups is 1. The van der Waals surface area contributed by atoms with Crippen molar-refractivity contribution in [3.63, 3.8) is 0 Å². The summed E-state index contributed by atoms with van der Waals surface area (Å²) < 4.78 is 38.3. The van der Waals surface area contributed by atoms with Gasteiger partial charge in [0.2, 0.25) is 0 Å². The lowest BCUT2D eigenvalue weighted by Crippen LogP contribution is -2.37. The fourth-order valence-corrected chi connectivity index (χ4v) is 3.37. The van der Waals surface area contributed by atoms with E-state index in [1.54, 1.807) is 0 Å². The van der Waals surface area contributed by atoms with Crippen molar-refractivity contribution >= 4 is 0 Å². The van der Waals surface area contributed by atoms with Crippen LogP contribution in [0.3, 0.4) is 0 Å². The van der Waals surface area contributed by atoms with Crippen LogP contribution in [0.25, 0.3) is 0 Å². The molecule has 1 saturated carbocycles. The lowest BCUT2D eigenvalue weighted by Gasteiger charge is -2.35. The number of alkyl halides is 3. The molecule has 1 aromatic rings. The molecule has 1 fully saturated rings. The second-order valence-electron chi connectivity index (χ2n) is 6.09. The van der Waals surface area contributed by atoms with Crippen LogP contribution in [0.5, 0.6) is 0 Å². The van der Waals surface area contributed by atoms with E-state index in [-0.39, 0.29) is 24.8 Å². The third kappa shape index (κ3) is 3.58. The first kappa shape index (κ1) is 16.3. The van der Waals surface area contributed by atoms with E-state index in [9.17, 15) is 13.2 Å². The molecule has 3 N–H and O–H groups in total. The molecule has 0 aliphatic heterocycles. The van der Waals surface area contributed by atoms with Gasteiger partial charge in [0.1, 0.15) is 0 Å². The highest BCUT2D eigenvalue weighted by atomic mass is 19.4.